The van der Waals surface area contributed by atoms with E-state index < -0.39 is 0 Å². The van der Waals surface area contributed by atoms with Crippen LogP contribution in [0, 0.1) is 5.82 Å². The van der Waals surface area contributed by atoms with Crippen LogP contribution in [0.2, 0.25) is 5.02 Å². The van der Waals surface area contributed by atoms with Crippen LogP contribution < -0.4 is 10.2 Å². The lowest BCUT2D eigenvalue weighted by atomic mass is 10.0. The monoisotopic (exact) mass is 306 g/mol. The predicted octanol–water partition coefficient (Wildman–Crippen LogP) is 4.40. The van der Waals surface area contributed by atoms with Crippen molar-refractivity contribution in [2.24, 2.45) is 0 Å². The Hall–Kier alpha value is -1.58. The number of nitrogens with zero attached hydrogens (tertiary/aromatic N) is 1. The highest BCUT2D eigenvalue weighted by Gasteiger charge is 2.18. The lowest BCUT2D eigenvalue weighted by Gasteiger charge is -2.29. The first-order chi connectivity index (χ1) is 10.0. The van der Waals surface area contributed by atoms with Gasteiger partial charge in [-0.1, -0.05) is 29.8 Å². The molecular formula is C17H20ClFN2. The maximum Gasteiger partial charge on any atom is 0.128 e. The minimum Gasteiger partial charge on any atom is -0.367 e. The highest BCUT2D eigenvalue weighted by atomic mass is 35.5. The summed E-state index contributed by atoms with van der Waals surface area (Å²) in [6.07, 6.45) is 0. The van der Waals surface area contributed by atoms with Crippen LogP contribution in [0.1, 0.15) is 24.1 Å². The molecular weight excluding hydrogens is 287 g/mol. The largest absolute Gasteiger partial charge is 0.367 e. The van der Waals surface area contributed by atoms with Gasteiger partial charge in [0.1, 0.15) is 5.82 Å². The van der Waals surface area contributed by atoms with Crippen LogP contribution in [0.4, 0.5) is 10.1 Å². The van der Waals surface area contributed by atoms with E-state index in [0.717, 1.165) is 11.3 Å². The molecule has 0 saturated heterocycles. The number of benzene rings is 2. The summed E-state index contributed by atoms with van der Waals surface area (Å²) < 4.78 is 14.0. The quantitative estimate of drug-likeness (QED) is 0.881. The molecule has 0 saturated carbocycles. The van der Waals surface area contributed by atoms with Crippen LogP contribution in [0.5, 0.6) is 0 Å². The van der Waals surface area contributed by atoms with Gasteiger partial charge in [0.2, 0.25) is 0 Å². The van der Waals surface area contributed by atoms with E-state index in [4.69, 9.17) is 11.6 Å². The molecule has 0 aromatic heterocycles. The molecule has 2 nitrogen and oxygen atoms in total. The van der Waals surface area contributed by atoms with Crippen LogP contribution in [0.3, 0.4) is 0 Å². The summed E-state index contributed by atoms with van der Waals surface area (Å²) in [5.74, 6) is -0.180. The molecule has 0 radical (unpaired) electrons. The van der Waals surface area contributed by atoms with Gasteiger partial charge in [0, 0.05) is 29.9 Å². The minimum absolute atomic E-state index is 0.0667. The molecule has 2 aromatic rings. The fourth-order valence-electron chi connectivity index (χ4n) is 2.46. The van der Waals surface area contributed by atoms with Gasteiger partial charge in [-0.3, -0.25) is 0 Å². The molecule has 2 aromatic carbocycles. The molecule has 0 spiro atoms. The number of rotatable bonds is 5. The van der Waals surface area contributed by atoms with Crippen molar-refractivity contribution in [2.75, 3.05) is 19.0 Å². The molecule has 21 heavy (non-hydrogen) atoms. The average Bonchev–Trinajstić information content (AvgIpc) is 2.47. The molecule has 0 aliphatic rings. The molecule has 1 N–H and O–H groups in total. The zero-order valence-electron chi connectivity index (χ0n) is 12.5. The van der Waals surface area contributed by atoms with E-state index in [1.54, 1.807) is 6.07 Å². The van der Waals surface area contributed by atoms with Gasteiger partial charge < -0.3 is 10.2 Å². The average molecular weight is 307 g/mol. The van der Waals surface area contributed by atoms with E-state index in [9.17, 15) is 4.39 Å². The summed E-state index contributed by atoms with van der Waals surface area (Å²) >= 11 is 6.07. The van der Waals surface area contributed by atoms with Crippen molar-refractivity contribution in [3.63, 3.8) is 0 Å². The van der Waals surface area contributed by atoms with Crippen LogP contribution in [-0.2, 0) is 6.54 Å². The Morgan fingerprint density at radius 2 is 1.95 bits per heavy atom. The first kappa shape index (κ1) is 15.8. The van der Waals surface area contributed by atoms with Crippen molar-refractivity contribution in [1.82, 2.24) is 5.32 Å². The molecule has 0 aliphatic heterocycles. The first-order valence-corrected chi connectivity index (χ1v) is 7.32. The minimum atomic E-state index is -0.180. The number of nitrogens with one attached hydrogen (secondary N) is 1. The van der Waals surface area contributed by atoms with Crippen LogP contribution in [-0.4, -0.2) is 14.1 Å². The van der Waals surface area contributed by atoms with Crippen molar-refractivity contribution in [1.29, 1.82) is 0 Å². The van der Waals surface area contributed by atoms with Crippen LogP contribution >= 0.6 is 11.6 Å². The fraction of sp³-hybridized carbons (Fsp3) is 0.294. The van der Waals surface area contributed by atoms with Crippen molar-refractivity contribution >= 4 is 17.3 Å². The normalized spacial score (nSPS) is 12.2. The summed E-state index contributed by atoms with van der Waals surface area (Å²) in [4.78, 5) is 2.07. The van der Waals surface area contributed by atoms with E-state index in [1.165, 1.54) is 6.07 Å². The Balaban J connectivity index is 2.35. The second-order valence-electron chi connectivity index (χ2n) is 5.11. The van der Waals surface area contributed by atoms with Gasteiger partial charge in [-0.2, -0.15) is 0 Å². The Morgan fingerprint density at radius 1 is 1.24 bits per heavy atom. The second-order valence-corrected chi connectivity index (χ2v) is 5.55. The Kier molecular flexibility index (Phi) is 5.21. The Bertz CT molecular complexity index is 615. The molecule has 112 valence electrons. The number of halogens is 2. The zero-order valence-corrected chi connectivity index (χ0v) is 13.3. The van der Waals surface area contributed by atoms with Crippen molar-refractivity contribution in [3.05, 3.63) is 64.4 Å². The summed E-state index contributed by atoms with van der Waals surface area (Å²) in [7, 11) is 3.87. The fourth-order valence-corrected chi connectivity index (χ4v) is 2.66. The maximum absolute atomic E-state index is 14.0. The van der Waals surface area contributed by atoms with E-state index in [2.05, 4.69) is 10.2 Å². The van der Waals surface area contributed by atoms with Gasteiger partial charge >= 0.3 is 0 Å². The smallest absolute Gasteiger partial charge is 0.128 e. The molecule has 1 atom stereocenters. The highest BCUT2D eigenvalue weighted by molar-refractivity contribution is 6.30. The van der Waals surface area contributed by atoms with Gasteiger partial charge in [-0.05, 0) is 43.8 Å². The first-order valence-electron chi connectivity index (χ1n) is 6.95. The molecule has 0 bridgehead atoms. The Morgan fingerprint density at radius 3 is 2.62 bits per heavy atom. The van der Waals surface area contributed by atoms with Crippen molar-refractivity contribution in [2.45, 2.75) is 19.5 Å². The molecule has 0 heterocycles. The number of hydrogen-bond acceptors (Lipinski definition) is 2. The van der Waals surface area contributed by atoms with Crippen molar-refractivity contribution < 1.29 is 4.39 Å². The Labute approximate surface area is 130 Å². The third-order valence-electron chi connectivity index (χ3n) is 3.73. The number of hydrogen-bond donors (Lipinski definition) is 1. The van der Waals surface area contributed by atoms with E-state index in [1.807, 2.05) is 51.4 Å². The van der Waals surface area contributed by atoms with Gasteiger partial charge in [0.25, 0.3) is 0 Å². The molecule has 2 rings (SSSR count). The van der Waals surface area contributed by atoms with Gasteiger partial charge in [0.05, 0.1) is 6.04 Å². The van der Waals surface area contributed by atoms with Crippen LogP contribution in [0.25, 0.3) is 0 Å². The summed E-state index contributed by atoms with van der Waals surface area (Å²) in [5, 5.41) is 3.84. The molecule has 0 fully saturated rings. The summed E-state index contributed by atoms with van der Waals surface area (Å²) in [5.41, 5.74) is 2.82. The predicted molar refractivity (Wildman–Crippen MR) is 87.4 cm³/mol. The van der Waals surface area contributed by atoms with Gasteiger partial charge in [-0.25, -0.2) is 4.39 Å². The van der Waals surface area contributed by atoms with Crippen LogP contribution in [0.15, 0.2) is 42.5 Å². The van der Waals surface area contributed by atoms with Gasteiger partial charge in [0.15, 0.2) is 0 Å². The third-order valence-corrected chi connectivity index (χ3v) is 3.96. The molecule has 4 heteroatoms. The molecule has 0 aliphatic carbocycles. The second kappa shape index (κ2) is 6.92. The van der Waals surface area contributed by atoms with Crippen molar-refractivity contribution in [3.8, 4) is 0 Å². The topological polar surface area (TPSA) is 15.3 Å². The van der Waals surface area contributed by atoms with E-state index in [-0.39, 0.29) is 11.9 Å². The number of anilines is 1. The standard InChI is InChI=1S/C17H20ClFN2/c1-12(15-6-4-5-7-16(15)19)21(3)17-9-8-14(18)10-13(17)11-20-2/h4-10,12,20H,11H2,1-3H3. The molecule has 1 unspecified atom stereocenters. The van der Waals surface area contributed by atoms with E-state index >= 15 is 0 Å². The van der Waals surface area contributed by atoms with Gasteiger partial charge in [-0.15, -0.1) is 0 Å². The zero-order chi connectivity index (χ0) is 15.4. The molecule has 0 amide bonds. The summed E-state index contributed by atoms with van der Waals surface area (Å²) in [6.45, 7) is 2.71. The lowest BCUT2D eigenvalue weighted by Crippen LogP contribution is -2.24. The van der Waals surface area contributed by atoms with E-state index in [0.29, 0.717) is 17.1 Å². The third kappa shape index (κ3) is 3.55. The highest BCUT2D eigenvalue weighted by Crippen LogP contribution is 2.31. The lowest BCUT2D eigenvalue weighted by molar-refractivity contribution is 0.585. The SMILES string of the molecule is CNCc1cc(Cl)ccc1N(C)C(C)c1ccccc1F. The summed E-state index contributed by atoms with van der Waals surface area (Å²) in [6, 6.07) is 12.6. The maximum atomic E-state index is 14.0.